The Balaban J connectivity index is 2.39. The molecule has 2 N–H and O–H groups in total. The second kappa shape index (κ2) is 5.11. The van der Waals surface area contributed by atoms with Crippen LogP contribution in [0.25, 0.3) is 0 Å². The van der Waals surface area contributed by atoms with Crippen molar-refractivity contribution < 1.29 is 14.4 Å². The van der Waals surface area contributed by atoms with E-state index in [0.29, 0.717) is 18.8 Å². The van der Waals surface area contributed by atoms with E-state index in [0.717, 1.165) is 19.3 Å². The first-order valence-corrected chi connectivity index (χ1v) is 6.94. The molecule has 0 aromatic heterocycles. The highest BCUT2D eigenvalue weighted by molar-refractivity contribution is 7.52. The van der Waals surface area contributed by atoms with Crippen LogP contribution in [0.4, 0.5) is 0 Å². The van der Waals surface area contributed by atoms with Gasteiger partial charge in [0.25, 0.3) is 0 Å². The highest BCUT2D eigenvalue weighted by Crippen LogP contribution is 2.49. The van der Waals surface area contributed by atoms with Crippen molar-refractivity contribution in [3.8, 4) is 0 Å². The van der Waals surface area contributed by atoms with E-state index in [9.17, 15) is 4.57 Å². The SMILES string of the molecule is CC/C=C/C1CCC(P(=O)(O)O)CC1. The maximum Gasteiger partial charge on any atom is 0.328 e. The second-order valence-corrected chi connectivity index (χ2v) is 5.90. The van der Waals surface area contributed by atoms with Crippen LogP contribution in [-0.2, 0) is 4.57 Å². The van der Waals surface area contributed by atoms with Crippen molar-refractivity contribution in [3.63, 3.8) is 0 Å². The Hall–Kier alpha value is -0.110. The van der Waals surface area contributed by atoms with E-state index >= 15 is 0 Å². The molecular formula is C10H19O3P. The average Bonchev–Trinajstić information content (AvgIpc) is 2.14. The zero-order chi connectivity index (χ0) is 10.6. The predicted molar refractivity (Wildman–Crippen MR) is 57.2 cm³/mol. The third-order valence-electron chi connectivity index (χ3n) is 2.86. The van der Waals surface area contributed by atoms with Crippen LogP contribution >= 0.6 is 7.60 Å². The van der Waals surface area contributed by atoms with Gasteiger partial charge in [0.15, 0.2) is 0 Å². The fourth-order valence-electron chi connectivity index (χ4n) is 1.96. The van der Waals surface area contributed by atoms with Crippen molar-refractivity contribution >= 4 is 7.60 Å². The van der Waals surface area contributed by atoms with Crippen molar-refractivity contribution in [2.75, 3.05) is 0 Å². The van der Waals surface area contributed by atoms with E-state index in [-0.39, 0.29) is 5.66 Å². The van der Waals surface area contributed by atoms with E-state index in [2.05, 4.69) is 19.1 Å². The number of allylic oxidation sites excluding steroid dienone is 2. The van der Waals surface area contributed by atoms with Gasteiger partial charge in [0.05, 0.1) is 5.66 Å². The van der Waals surface area contributed by atoms with Crippen molar-refractivity contribution in [2.24, 2.45) is 5.92 Å². The summed E-state index contributed by atoms with van der Waals surface area (Å²) in [5.41, 5.74) is -0.381. The highest BCUT2D eigenvalue weighted by atomic mass is 31.2. The molecule has 0 aliphatic heterocycles. The summed E-state index contributed by atoms with van der Waals surface area (Å²) < 4.78 is 11.0. The molecule has 0 atom stereocenters. The van der Waals surface area contributed by atoms with Crippen LogP contribution in [0.5, 0.6) is 0 Å². The minimum atomic E-state index is -3.82. The molecule has 1 rings (SSSR count). The van der Waals surface area contributed by atoms with Gasteiger partial charge < -0.3 is 9.79 Å². The molecule has 0 bridgehead atoms. The molecule has 82 valence electrons. The summed E-state index contributed by atoms with van der Waals surface area (Å²) in [6.45, 7) is 2.10. The van der Waals surface area contributed by atoms with Gasteiger partial charge in [0, 0.05) is 0 Å². The quantitative estimate of drug-likeness (QED) is 0.565. The fourth-order valence-corrected chi connectivity index (χ4v) is 2.93. The normalized spacial score (nSPS) is 29.6. The molecule has 0 aromatic carbocycles. The first-order chi connectivity index (χ1) is 6.54. The van der Waals surface area contributed by atoms with Crippen LogP contribution in [0, 0.1) is 5.92 Å². The highest BCUT2D eigenvalue weighted by Gasteiger charge is 2.32. The zero-order valence-electron chi connectivity index (χ0n) is 8.59. The molecule has 0 unspecified atom stereocenters. The van der Waals surface area contributed by atoms with E-state index < -0.39 is 7.60 Å². The van der Waals surface area contributed by atoms with Crippen LogP contribution < -0.4 is 0 Å². The summed E-state index contributed by atoms with van der Waals surface area (Å²) >= 11 is 0. The molecular weight excluding hydrogens is 199 g/mol. The second-order valence-electron chi connectivity index (χ2n) is 3.99. The van der Waals surface area contributed by atoms with E-state index in [1.165, 1.54) is 0 Å². The van der Waals surface area contributed by atoms with Crippen LogP contribution in [0.1, 0.15) is 39.0 Å². The van der Waals surface area contributed by atoms with E-state index in [1.54, 1.807) is 0 Å². The maximum absolute atomic E-state index is 11.0. The van der Waals surface area contributed by atoms with Crippen LogP contribution in [0.15, 0.2) is 12.2 Å². The van der Waals surface area contributed by atoms with Crippen molar-refractivity contribution in [3.05, 3.63) is 12.2 Å². The molecule has 0 spiro atoms. The molecule has 14 heavy (non-hydrogen) atoms. The first kappa shape index (κ1) is 12.0. The lowest BCUT2D eigenvalue weighted by molar-refractivity contribution is 0.322. The Bertz CT molecular complexity index is 236. The van der Waals surface area contributed by atoms with Gasteiger partial charge in [-0.15, -0.1) is 0 Å². The van der Waals surface area contributed by atoms with Gasteiger partial charge in [-0.25, -0.2) is 0 Å². The smallest absolute Gasteiger partial charge is 0.324 e. The predicted octanol–water partition coefficient (Wildman–Crippen LogP) is 2.69. The number of rotatable bonds is 3. The van der Waals surface area contributed by atoms with Gasteiger partial charge in [0.2, 0.25) is 0 Å². The van der Waals surface area contributed by atoms with Gasteiger partial charge >= 0.3 is 7.60 Å². The number of hydrogen-bond acceptors (Lipinski definition) is 1. The molecule has 3 nitrogen and oxygen atoms in total. The van der Waals surface area contributed by atoms with Crippen LogP contribution in [0.2, 0.25) is 0 Å². The van der Waals surface area contributed by atoms with Gasteiger partial charge in [-0.3, -0.25) is 4.57 Å². The molecule has 4 heteroatoms. The van der Waals surface area contributed by atoms with Crippen molar-refractivity contribution in [1.82, 2.24) is 0 Å². The molecule has 1 aliphatic rings. The minimum absolute atomic E-state index is 0.381. The lowest BCUT2D eigenvalue weighted by Gasteiger charge is -2.27. The van der Waals surface area contributed by atoms with Crippen molar-refractivity contribution in [1.29, 1.82) is 0 Å². The first-order valence-electron chi connectivity index (χ1n) is 5.26. The summed E-state index contributed by atoms with van der Waals surface area (Å²) in [6, 6.07) is 0. The van der Waals surface area contributed by atoms with Gasteiger partial charge in [-0.05, 0) is 38.0 Å². The maximum atomic E-state index is 11.0. The third kappa shape index (κ3) is 3.56. The van der Waals surface area contributed by atoms with E-state index in [1.807, 2.05) is 0 Å². The lowest BCUT2D eigenvalue weighted by Crippen LogP contribution is -2.17. The van der Waals surface area contributed by atoms with Crippen molar-refractivity contribution in [2.45, 2.75) is 44.7 Å². The Morgan fingerprint density at radius 2 is 1.86 bits per heavy atom. The van der Waals surface area contributed by atoms with Crippen LogP contribution in [-0.4, -0.2) is 15.4 Å². The monoisotopic (exact) mass is 218 g/mol. The summed E-state index contributed by atoms with van der Waals surface area (Å²) in [4.78, 5) is 18.0. The molecule has 0 radical (unpaired) electrons. The molecule has 0 heterocycles. The standard InChI is InChI=1S/C10H19O3P/c1-2-3-4-9-5-7-10(8-6-9)14(11,12)13/h3-4,9-10H,2,5-8H2,1H3,(H2,11,12,13)/b4-3+. The Kier molecular flexibility index (Phi) is 4.36. The summed E-state index contributed by atoms with van der Waals surface area (Å²) in [7, 11) is -3.82. The Labute approximate surface area is 85.4 Å². The Morgan fingerprint density at radius 1 is 1.29 bits per heavy atom. The lowest BCUT2D eigenvalue weighted by atomic mass is 9.88. The molecule has 1 saturated carbocycles. The van der Waals surface area contributed by atoms with Crippen LogP contribution in [0.3, 0.4) is 0 Å². The van der Waals surface area contributed by atoms with Gasteiger partial charge in [-0.2, -0.15) is 0 Å². The zero-order valence-corrected chi connectivity index (χ0v) is 9.49. The van der Waals surface area contributed by atoms with Gasteiger partial charge in [-0.1, -0.05) is 19.1 Å². The Morgan fingerprint density at radius 3 is 2.29 bits per heavy atom. The molecule has 1 aliphatic carbocycles. The molecule has 0 saturated heterocycles. The average molecular weight is 218 g/mol. The molecule has 0 amide bonds. The minimum Gasteiger partial charge on any atom is -0.324 e. The number of hydrogen-bond donors (Lipinski definition) is 2. The third-order valence-corrected chi connectivity index (χ3v) is 4.33. The summed E-state index contributed by atoms with van der Waals surface area (Å²) in [5, 5.41) is 0. The van der Waals surface area contributed by atoms with E-state index in [4.69, 9.17) is 9.79 Å². The summed E-state index contributed by atoms with van der Waals surface area (Å²) in [6.07, 6.45) is 8.56. The topological polar surface area (TPSA) is 57.5 Å². The largest absolute Gasteiger partial charge is 0.328 e. The summed E-state index contributed by atoms with van der Waals surface area (Å²) in [5.74, 6) is 0.540. The molecule has 0 aromatic rings. The molecule has 1 fully saturated rings. The van der Waals surface area contributed by atoms with Gasteiger partial charge in [0.1, 0.15) is 0 Å². The fraction of sp³-hybridized carbons (Fsp3) is 0.800.